The van der Waals surface area contributed by atoms with E-state index in [0.717, 1.165) is 27.0 Å². The summed E-state index contributed by atoms with van der Waals surface area (Å²) in [7, 11) is 0. The van der Waals surface area contributed by atoms with Crippen molar-refractivity contribution in [3.05, 3.63) is 77.4 Å². The second-order valence-electron chi connectivity index (χ2n) is 5.48. The Morgan fingerprint density at radius 2 is 2.00 bits per heavy atom. The fraction of sp³-hybridized carbons (Fsp3) is 0.0526. The van der Waals surface area contributed by atoms with Crippen LogP contribution in [0.25, 0.3) is 21.5 Å². The van der Waals surface area contributed by atoms with Crippen LogP contribution in [0.1, 0.15) is 15.2 Å². The van der Waals surface area contributed by atoms with Gasteiger partial charge in [-0.2, -0.15) is 0 Å². The lowest BCUT2D eigenvalue weighted by atomic mass is 10.2. The molecule has 0 radical (unpaired) electrons. The van der Waals surface area contributed by atoms with Gasteiger partial charge in [-0.1, -0.05) is 30.3 Å². The topological polar surface area (TPSA) is 57.8 Å². The number of benzene rings is 2. The van der Waals surface area contributed by atoms with E-state index in [1.165, 1.54) is 11.3 Å². The summed E-state index contributed by atoms with van der Waals surface area (Å²) in [6, 6.07) is 18.0. The first-order valence-electron chi connectivity index (χ1n) is 7.65. The SMILES string of the molecule is O=C(NCc1ccccc1)c1cnc(-c2ccc3[nH]ccc3c2)s1. The number of hydrogen-bond acceptors (Lipinski definition) is 3. The van der Waals surface area contributed by atoms with Gasteiger partial charge in [0.05, 0.1) is 6.20 Å². The summed E-state index contributed by atoms with van der Waals surface area (Å²) >= 11 is 1.41. The summed E-state index contributed by atoms with van der Waals surface area (Å²) in [6.45, 7) is 0.516. The Morgan fingerprint density at radius 1 is 1.12 bits per heavy atom. The highest BCUT2D eigenvalue weighted by molar-refractivity contribution is 7.16. The summed E-state index contributed by atoms with van der Waals surface area (Å²) in [5.74, 6) is -0.0923. The zero-order chi connectivity index (χ0) is 16.4. The first kappa shape index (κ1) is 14.7. The van der Waals surface area contributed by atoms with Crippen LogP contribution in [0.3, 0.4) is 0 Å². The molecular weight excluding hydrogens is 318 g/mol. The van der Waals surface area contributed by atoms with Gasteiger partial charge in [0.25, 0.3) is 5.91 Å². The molecule has 0 aliphatic heterocycles. The van der Waals surface area contributed by atoms with Crippen molar-refractivity contribution in [2.24, 2.45) is 0 Å². The highest BCUT2D eigenvalue weighted by Gasteiger charge is 2.12. The molecule has 24 heavy (non-hydrogen) atoms. The second kappa shape index (κ2) is 6.29. The molecule has 2 aromatic heterocycles. The molecule has 0 atom stereocenters. The number of amides is 1. The molecule has 2 N–H and O–H groups in total. The van der Waals surface area contributed by atoms with Gasteiger partial charge in [0.15, 0.2) is 0 Å². The molecule has 118 valence electrons. The molecule has 4 aromatic rings. The normalized spacial score (nSPS) is 10.8. The van der Waals surface area contributed by atoms with E-state index in [4.69, 9.17) is 0 Å². The van der Waals surface area contributed by atoms with Crippen molar-refractivity contribution in [3.63, 3.8) is 0 Å². The van der Waals surface area contributed by atoms with Gasteiger partial charge in [0.1, 0.15) is 9.88 Å². The number of carbonyl (C=O) groups is 1. The number of rotatable bonds is 4. The van der Waals surface area contributed by atoms with Gasteiger partial charge < -0.3 is 10.3 Å². The van der Waals surface area contributed by atoms with E-state index in [1.54, 1.807) is 6.20 Å². The number of carbonyl (C=O) groups excluding carboxylic acids is 1. The van der Waals surface area contributed by atoms with Gasteiger partial charge in [0.2, 0.25) is 0 Å². The number of thiazole rings is 1. The van der Waals surface area contributed by atoms with Crippen LogP contribution in [0.4, 0.5) is 0 Å². The van der Waals surface area contributed by atoms with E-state index in [0.29, 0.717) is 11.4 Å². The molecule has 5 heteroatoms. The highest BCUT2D eigenvalue weighted by Crippen LogP contribution is 2.27. The van der Waals surface area contributed by atoms with Crippen LogP contribution in [-0.4, -0.2) is 15.9 Å². The lowest BCUT2D eigenvalue weighted by Gasteiger charge is -2.02. The van der Waals surface area contributed by atoms with E-state index in [1.807, 2.05) is 54.7 Å². The quantitative estimate of drug-likeness (QED) is 0.587. The first-order valence-corrected chi connectivity index (χ1v) is 8.47. The van der Waals surface area contributed by atoms with Crippen molar-refractivity contribution in [2.75, 3.05) is 0 Å². The molecule has 0 unspecified atom stereocenters. The highest BCUT2D eigenvalue weighted by atomic mass is 32.1. The molecule has 0 aliphatic carbocycles. The maximum Gasteiger partial charge on any atom is 0.263 e. The van der Waals surface area contributed by atoms with Gasteiger partial charge in [-0.05, 0) is 29.8 Å². The minimum absolute atomic E-state index is 0.0923. The van der Waals surface area contributed by atoms with Gasteiger partial charge in [-0.3, -0.25) is 4.79 Å². The summed E-state index contributed by atoms with van der Waals surface area (Å²) in [5, 5.41) is 4.92. The summed E-state index contributed by atoms with van der Waals surface area (Å²) in [6.07, 6.45) is 3.56. The third-order valence-electron chi connectivity index (χ3n) is 3.83. The van der Waals surface area contributed by atoms with Gasteiger partial charge in [0, 0.05) is 29.2 Å². The Hall–Kier alpha value is -2.92. The average molecular weight is 333 g/mol. The van der Waals surface area contributed by atoms with Gasteiger partial charge >= 0.3 is 0 Å². The molecule has 0 saturated carbocycles. The van der Waals surface area contributed by atoms with E-state index in [-0.39, 0.29) is 5.91 Å². The van der Waals surface area contributed by atoms with Crippen LogP contribution in [0.2, 0.25) is 0 Å². The molecule has 0 bridgehead atoms. The minimum Gasteiger partial charge on any atom is -0.361 e. The third kappa shape index (κ3) is 2.94. The zero-order valence-electron chi connectivity index (χ0n) is 12.8. The fourth-order valence-corrected chi connectivity index (χ4v) is 3.39. The molecule has 0 saturated heterocycles. The molecule has 4 nitrogen and oxygen atoms in total. The lowest BCUT2D eigenvalue weighted by molar-refractivity contribution is 0.0955. The Bertz CT molecular complexity index is 988. The van der Waals surface area contributed by atoms with Crippen LogP contribution < -0.4 is 5.32 Å². The van der Waals surface area contributed by atoms with Crippen LogP contribution in [0, 0.1) is 0 Å². The first-order chi connectivity index (χ1) is 11.8. The monoisotopic (exact) mass is 333 g/mol. The number of nitrogens with one attached hydrogen (secondary N) is 2. The number of nitrogens with zero attached hydrogens (tertiary/aromatic N) is 1. The molecule has 0 fully saturated rings. The van der Waals surface area contributed by atoms with Gasteiger partial charge in [-0.15, -0.1) is 11.3 Å². The zero-order valence-corrected chi connectivity index (χ0v) is 13.6. The van der Waals surface area contributed by atoms with E-state index in [2.05, 4.69) is 21.4 Å². The Balaban J connectivity index is 1.50. The van der Waals surface area contributed by atoms with Crippen LogP contribution in [0.5, 0.6) is 0 Å². The van der Waals surface area contributed by atoms with Crippen molar-refractivity contribution in [1.82, 2.24) is 15.3 Å². The Labute approximate surface area is 143 Å². The summed E-state index contributed by atoms with van der Waals surface area (Å²) < 4.78 is 0. The molecule has 2 aromatic carbocycles. The number of fused-ring (bicyclic) bond motifs is 1. The minimum atomic E-state index is -0.0923. The molecule has 4 rings (SSSR count). The van der Waals surface area contributed by atoms with E-state index >= 15 is 0 Å². The fourth-order valence-electron chi connectivity index (χ4n) is 2.56. The van der Waals surface area contributed by atoms with Crippen molar-refractivity contribution in [1.29, 1.82) is 0 Å². The van der Waals surface area contributed by atoms with E-state index in [9.17, 15) is 4.79 Å². The second-order valence-corrected chi connectivity index (χ2v) is 6.51. The van der Waals surface area contributed by atoms with Gasteiger partial charge in [-0.25, -0.2) is 4.98 Å². The van der Waals surface area contributed by atoms with Crippen molar-refractivity contribution >= 4 is 28.1 Å². The van der Waals surface area contributed by atoms with Crippen LogP contribution in [0.15, 0.2) is 67.0 Å². The average Bonchev–Trinajstić information content (AvgIpc) is 3.29. The summed E-state index contributed by atoms with van der Waals surface area (Å²) in [4.78, 5) is 20.5. The molecule has 2 heterocycles. The van der Waals surface area contributed by atoms with Crippen LogP contribution >= 0.6 is 11.3 Å². The maximum atomic E-state index is 12.3. The predicted molar refractivity (Wildman–Crippen MR) is 97.0 cm³/mol. The maximum absolute atomic E-state index is 12.3. The Morgan fingerprint density at radius 3 is 2.88 bits per heavy atom. The summed E-state index contributed by atoms with van der Waals surface area (Å²) in [5.41, 5.74) is 3.19. The third-order valence-corrected chi connectivity index (χ3v) is 4.87. The number of hydrogen-bond donors (Lipinski definition) is 2. The number of H-pyrrole nitrogens is 1. The molecule has 0 spiro atoms. The smallest absolute Gasteiger partial charge is 0.263 e. The van der Waals surface area contributed by atoms with Crippen molar-refractivity contribution < 1.29 is 4.79 Å². The van der Waals surface area contributed by atoms with E-state index < -0.39 is 0 Å². The van der Waals surface area contributed by atoms with Crippen molar-refractivity contribution in [3.8, 4) is 10.6 Å². The number of aromatic amines is 1. The molecule has 1 amide bonds. The lowest BCUT2D eigenvalue weighted by Crippen LogP contribution is -2.21. The standard InChI is InChI=1S/C19H15N3OS/c23-18(21-11-13-4-2-1-3-5-13)17-12-22-19(24-17)15-6-7-16-14(10-15)8-9-20-16/h1-10,12,20H,11H2,(H,21,23). The van der Waals surface area contributed by atoms with Crippen LogP contribution in [-0.2, 0) is 6.54 Å². The Kier molecular flexibility index (Phi) is 3.84. The molecular formula is C19H15N3OS. The van der Waals surface area contributed by atoms with Crippen molar-refractivity contribution in [2.45, 2.75) is 6.54 Å². The molecule has 0 aliphatic rings. The predicted octanol–water partition coefficient (Wildman–Crippen LogP) is 4.22. The number of aromatic nitrogens is 2. The largest absolute Gasteiger partial charge is 0.361 e.